The number of halogens is 1. The minimum atomic E-state index is -0.270. The first-order valence-corrected chi connectivity index (χ1v) is 8.70. The molecule has 0 spiro atoms. The molecular formula is C16H17FN4OS. The van der Waals surface area contributed by atoms with Crippen molar-refractivity contribution >= 4 is 16.3 Å². The monoisotopic (exact) mass is 332 g/mol. The lowest BCUT2D eigenvalue weighted by Gasteiger charge is -2.18. The van der Waals surface area contributed by atoms with Gasteiger partial charge in [0.05, 0.1) is 0 Å². The van der Waals surface area contributed by atoms with Crippen molar-refractivity contribution in [2.75, 3.05) is 0 Å². The summed E-state index contributed by atoms with van der Waals surface area (Å²) in [5, 5.41) is 14.0. The van der Waals surface area contributed by atoms with Crippen molar-refractivity contribution in [1.82, 2.24) is 19.8 Å². The second-order valence-electron chi connectivity index (χ2n) is 5.83. The van der Waals surface area contributed by atoms with Crippen LogP contribution in [0.25, 0.3) is 4.96 Å². The van der Waals surface area contributed by atoms with Gasteiger partial charge in [0.2, 0.25) is 4.96 Å². The van der Waals surface area contributed by atoms with Crippen LogP contribution in [-0.4, -0.2) is 19.8 Å². The Balaban J connectivity index is 1.50. The van der Waals surface area contributed by atoms with E-state index in [0.717, 1.165) is 15.8 Å². The normalized spacial score (nSPS) is 16.0. The van der Waals surface area contributed by atoms with Crippen LogP contribution in [0.3, 0.4) is 0 Å². The van der Waals surface area contributed by atoms with E-state index in [0.29, 0.717) is 18.3 Å². The summed E-state index contributed by atoms with van der Waals surface area (Å²) in [6, 6.07) is 6.00. The average molecular weight is 332 g/mol. The summed E-state index contributed by atoms with van der Waals surface area (Å²) < 4.78 is 20.4. The van der Waals surface area contributed by atoms with E-state index in [2.05, 4.69) is 15.3 Å². The highest BCUT2D eigenvalue weighted by Gasteiger charge is 2.22. The van der Waals surface area contributed by atoms with E-state index < -0.39 is 0 Å². The summed E-state index contributed by atoms with van der Waals surface area (Å²) in [5.41, 5.74) is 0. The van der Waals surface area contributed by atoms with Gasteiger partial charge in [-0.3, -0.25) is 0 Å². The smallest absolute Gasteiger partial charge is 0.234 e. The number of hydrogen-bond donors (Lipinski definition) is 0. The van der Waals surface area contributed by atoms with Gasteiger partial charge in [-0.15, -0.1) is 10.2 Å². The Morgan fingerprint density at radius 1 is 1.13 bits per heavy atom. The first kappa shape index (κ1) is 14.6. The quantitative estimate of drug-likeness (QED) is 0.726. The molecule has 2 heterocycles. The molecule has 0 N–H and O–H groups in total. The number of nitrogens with zero attached hydrogens (tertiary/aromatic N) is 4. The van der Waals surface area contributed by atoms with Crippen LogP contribution in [0.5, 0.6) is 5.75 Å². The van der Waals surface area contributed by atoms with E-state index in [1.807, 2.05) is 4.52 Å². The molecule has 1 aromatic carbocycles. The fourth-order valence-corrected chi connectivity index (χ4v) is 3.77. The molecule has 0 radical (unpaired) electrons. The van der Waals surface area contributed by atoms with Gasteiger partial charge in [0.15, 0.2) is 10.8 Å². The zero-order chi connectivity index (χ0) is 15.6. The Bertz CT molecular complexity index is 792. The molecule has 1 aliphatic carbocycles. The lowest BCUT2D eigenvalue weighted by molar-refractivity contribution is 0.303. The van der Waals surface area contributed by atoms with Crippen molar-refractivity contribution < 1.29 is 9.13 Å². The fourth-order valence-electron chi connectivity index (χ4n) is 3.02. The number of fused-ring (bicyclic) bond motifs is 1. The standard InChI is InChI=1S/C16H17FN4OS/c17-12-6-8-13(9-7-12)22-10-14-20-21-15(18-19-16(21)23-14)11-4-2-1-3-5-11/h6-9,11H,1-5,10H2. The number of ether oxygens (including phenoxy) is 1. The summed E-state index contributed by atoms with van der Waals surface area (Å²) in [7, 11) is 0. The molecule has 120 valence electrons. The fraction of sp³-hybridized carbons (Fsp3) is 0.438. The summed E-state index contributed by atoms with van der Waals surface area (Å²) >= 11 is 1.48. The summed E-state index contributed by atoms with van der Waals surface area (Å²) in [5.74, 6) is 1.80. The highest BCUT2D eigenvalue weighted by molar-refractivity contribution is 7.16. The minimum Gasteiger partial charge on any atom is -0.486 e. The van der Waals surface area contributed by atoms with Gasteiger partial charge >= 0.3 is 0 Å². The zero-order valence-corrected chi connectivity index (χ0v) is 13.4. The number of benzene rings is 1. The first-order chi connectivity index (χ1) is 11.3. The van der Waals surface area contributed by atoms with Crippen molar-refractivity contribution in [3.05, 3.63) is 40.9 Å². The molecule has 2 aromatic heterocycles. The zero-order valence-electron chi connectivity index (χ0n) is 12.6. The molecule has 3 aromatic rings. The summed E-state index contributed by atoms with van der Waals surface area (Å²) in [6.45, 7) is 0.351. The lowest BCUT2D eigenvalue weighted by Crippen LogP contribution is -2.09. The molecule has 1 saturated carbocycles. The molecule has 0 atom stereocenters. The Kier molecular flexibility index (Phi) is 3.95. The second-order valence-corrected chi connectivity index (χ2v) is 6.87. The second kappa shape index (κ2) is 6.23. The van der Waals surface area contributed by atoms with Crippen LogP contribution in [0.2, 0.25) is 0 Å². The molecule has 0 amide bonds. The summed E-state index contributed by atoms with van der Waals surface area (Å²) in [4.78, 5) is 0.809. The maximum absolute atomic E-state index is 12.9. The Morgan fingerprint density at radius 2 is 1.91 bits per heavy atom. The third-order valence-electron chi connectivity index (χ3n) is 4.20. The average Bonchev–Trinajstić information content (AvgIpc) is 3.15. The van der Waals surface area contributed by atoms with Crippen LogP contribution in [0.15, 0.2) is 24.3 Å². The van der Waals surface area contributed by atoms with Gasteiger partial charge in [-0.05, 0) is 37.1 Å². The van der Waals surface area contributed by atoms with Gasteiger partial charge in [0.25, 0.3) is 0 Å². The van der Waals surface area contributed by atoms with Crippen LogP contribution in [0.4, 0.5) is 4.39 Å². The van der Waals surface area contributed by atoms with Gasteiger partial charge < -0.3 is 4.74 Å². The third-order valence-corrected chi connectivity index (χ3v) is 5.08. The molecule has 0 bridgehead atoms. The van der Waals surface area contributed by atoms with Gasteiger partial charge in [0.1, 0.15) is 18.2 Å². The van der Waals surface area contributed by atoms with Gasteiger partial charge in [-0.2, -0.15) is 9.61 Å². The Labute approximate surface area is 137 Å². The Morgan fingerprint density at radius 3 is 2.70 bits per heavy atom. The number of hydrogen-bond acceptors (Lipinski definition) is 5. The molecule has 7 heteroatoms. The third kappa shape index (κ3) is 3.06. The lowest BCUT2D eigenvalue weighted by atomic mass is 9.89. The topological polar surface area (TPSA) is 52.3 Å². The van der Waals surface area contributed by atoms with E-state index in [4.69, 9.17) is 4.74 Å². The molecule has 23 heavy (non-hydrogen) atoms. The van der Waals surface area contributed by atoms with Crippen LogP contribution >= 0.6 is 11.3 Å². The van der Waals surface area contributed by atoms with Gasteiger partial charge in [-0.1, -0.05) is 30.6 Å². The highest BCUT2D eigenvalue weighted by Crippen LogP contribution is 2.32. The SMILES string of the molecule is Fc1ccc(OCc2nn3c(C4CCCCC4)nnc3s2)cc1. The van der Waals surface area contributed by atoms with Crippen LogP contribution in [-0.2, 0) is 6.61 Å². The first-order valence-electron chi connectivity index (χ1n) is 7.89. The Hall–Kier alpha value is -2.02. The summed E-state index contributed by atoms with van der Waals surface area (Å²) in [6.07, 6.45) is 6.15. The molecule has 0 aliphatic heterocycles. The van der Waals surface area contributed by atoms with Gasteiger partial charge in [0, 0.05) is 5.92 Å². The maximum atomic E-state index is 12.9. The van der Waals surface area contributed by atoms with Crippen LogP contribution in [0.1, 0.15) is 48.9 Å². The predicted octanol–water partition coefficient (Wildman–Crippen LogP) is 3.95. The largest absolute Gasteiger partial charge is 0.486 e. The highest BCUT2D eigenvalue weighted by atomic mass is 32.1. The van der Waals surface area contributed by atoms with Gasteiger partial charge in [-0.25, -0.2) is 4.39 Å². The number of aromatic nitrogens is 4. The van der Waals surface area contributed by atoms with Crippen LogP contribution in [0, 0.1) is 5.82 Å². The van der Waals surface area contributed by atoms with Crippen LogP contribution < -0.4 is 4.74 Å². The van der Waals surface area contributed by atoms with Crippen molar-refractivity contribution in [1.29, 1.82) is 0 Å². The molecule has 4 rings (SSSR count). The molecule has 1 fully saturated rings. The molecule has 5 nitrogen and oxygen atoms in total. The minimum absolute atomic E-state index is 0.270. The van der Waals surface area contributed by atoms with Crippen molar-refractivity contribution in [3.63, 3.8) is 0 Å². The van der Waals surface area contributed by atoms with E-state index in [1.165, 1.54) is 55.6 Å². The van der Waals surface area contributed by atoms with Crippen molar-refractivity contribution in [3.8, 4) is 5.75 Å². The molecular weight excluding hydrogens is 315 g/mol. The van der Waals surface area contributed by atoms with E-state index in [9.17, 15) is 4.39 Å². The molecule has 1 aliphatic rings. The van der Waals surface area contributed by atoms with E-state index in [-0.39, 0.29) is 5.82 Å². The van der Waals surface area contributed by atoms with Crippen molar-refractivity contribution in [2.45, 2.75) is 44.6 Å². The maximum Gasteiger partial charge on any atom is 0.234 e. The predicted molar refractivity (Wildman–Crippen MR) is 85.2 cm³/mol. The van der Waals surface area contributed by atoms with Crippen molar-refractivity contribution in [2.24, 2.45) is 0 Å². The molecule has 0 unspecified atom stereocenters. The molecule has 0 saturated heterocycles. The number of rotatable bonds is 4. The van der Waals surface area contributed by atoms with E-state index in [1.54, 1.807) is 12.1 Å². The van der Waals surface area contributed by atoms with E-state index >= 15 is 0 Å².